The summed E-state index contributed by atoms with van der Waals surface area (Å²) in [7, 11) is 2.00. The lowest BCUT2D eigenvalue weighted by Crippen LogP contribution is -2.49. The van der Waals surface area contributed by atoms with Crippen molar-refractivity contribution in [3.05, 3.63) is 40.6 Å². The number of amides is 1. The zero-order valence-electron chi connectivity index (χ0n) is 13.9. The fourth-order valence-electron chi connectivity index (χ4n) is 3.06. The van der Waals surface area contributed by atoms with Gasteiger partial charge in [-0.2, -0.15) is 0 Å². The van der Waals surface area contributed by atoms with Crippen molar-refractivity contribution in [2.24, 2.45) is 4.99 Å². The van der Waals surface area contributed by atoms with E-state index in [0.29, 0.717) is 0 Å². The summed E-state index contributed by atoms with van der Waals surface area (Å²) in [4.78, 5) is 20.9. The number of benzene rings is 1. The number of nitrogens with zero attached hydrogens (tertiary/aromatic N) is 3. The highest BCUT2D eigenvalue weighted by Gasteiger charge is 2.29. The Morgan fingerprint density at radius 3 is 2.79 bits per heavy atom. The topological polar surface area (TPSA) is 60.0 Å². The monoisotopic (exact) mass is 391 g/mol. The molecule has 3 rings (SSSR count). The van der Waals surface area contributed by atoms with Crippen molar-refractivity contribution in [2.75, 3.05) is 38.5 Å². The lowest BCUT2D eigenvalue weighted by molar-refractivity contribution is -0.129. The van der Waals surface area contributed by atoms with Crippen molar-refractivity contribution in [3.63, 3.8) is 0 Å². The maximum absolute atomic E-state index is 12.2. The predicted octanol–water partition coefficient (Wildman–Crippen LogP) is 2.13. The molecule has 2 aliphatic rings. The first-order valence-corrected chi connectivity index (χ1v) is 8.90. The Morgan fingerprint density at radius 1 is 1.38 bits per heavy atom. The molecule has 1 atom stereocenters. The number of likely N-dealkylation sites (N-methyl/N-ethyl adjacent to an activating group) is 2. The third kappa shape index (κ3) is 3.79. The van der Waals surface area contributed by atoms with Crippen LogP contribution in [0.4, 0.5) is 5.69 Å². The zero-order valence-corrected chi connectivity index (χ0v) is 15.5. The number of piperazine rings is 1. The van der Waals surface area contributed by atoms with E-state index in [9.17, 15) is 4.79 Å². The third-order valence-electron chi connectivity index (χ3n) is 4.20. The summed E-state index contributed by atoms with van der Waals surface area (Å²) in [5, 5.41) is 6.28. The van der Waals surface area contributed by atoms with Gasteiger partial charge in [-0.25, -0.2) is 4.99 Å². The average molecular weight is 392 g/mol. The SMILES string of the molecule is CCN1CCNC(=O)C1c1ccc(NC2=NC(Br)=CN(C)C2)cc1. The van der Waals surface area contributed by atoms with Gasteiger partial charge in [-0.15, -0.1) is 0 Å². The molecule has 2 N–H and O–H groups in total. The number of anilines is 1. The van der Waals surface area contributed by atoms with Gasteiger partial charge in [0.2, 0.25) is 5.91 Å². The first-order valence-electron chi connectivity index (χ1n) is 8.10. The van der Waals surface area contributed by atoms with Gasteiger partial charge in [-0.1, -0.05) is 19.1 Å². The van der Waals surface area contributed by atoms with Gasteiger partial charge in [0, 0.05) is 32.0 Å². The van der Waals surface area contributed by atoms with Crippen molar-refractivity contribution in [2.45, 2.75) is 13.0 Å². The molecule has 0 saturated carbocycles. The quantitative estimate of drug-likeness (QED) is 0.774. The molecule has 2 aliphatic heterocycles. The van der Waals surface area contributed by atoms with Gasteiger partial charge >= 0.3 is 0 Å². The molecular weight excluding hydrogens is 370 g/mol. The van der Waals surface area contributed by atoms with Crippen LogP contribution in [0, 0.1) is 0 Å². The number of nitrogens with one attached hydrogen (secondary N) is 2. The highest BCUT2D eigenvalue weighted by Crippen LogP contribution is 2.24. The number of rotatable bonds is 3. The molecule has 0 spiro atoms. The van der Waals surface area contributed by atoms with E-state index < -0.39 is 0 Å². The molecule has 0 bridgehead atoms. The minimum Gasteiger partial charge on any atom is -0.371 e. The maximum atomic E-state index is 12.2. The number of carbonyl (C=O) groups is 1. The van der Waals surface area contributed by atoms with Crippen LogP contribution < -0.4 is 10.6 Å². The van der Waals surface area contributed by atoms with Gasteiger partial charge in [0.15, 0.2) is 0 Å². The third-order valence-corrected chi connectivity index (χ3v) is 4.58. The van der Waals surface area contributed by atoms with Crippen LogP contribution in [0.5, 0.6) is 0 Å². The van der Waals surface area contributed by atoms with Crippen LogP contribution in [0.1, 0.15) is 18.5 Å². The molecule has 6 nitrogen and oxygen atoms in total. The summed E-state index contributed by atoms with van der Waals surface area (Å²) >= 11 is 3.41. The summed E-state index contributed by atoms with van der Waals surface area (Å²) in [6.07, 6.45) is 1.94. The molecule has 128 valence electrons. The lowest BCUT2D eigenvalue weighted by Gasteiger charge is -2.34. The van der Waals surface area contributed by atoms with Crippen LogP contribution >= 0.6 is 15.9 Å². The van der Waals surface area contributed by atoms with Crippen LogP contribution in [-0.4, -0.2) is 54.8 Å². The van der Waals surface area contributed by atoms with Gasteiger partial charge in [0.05, 0.1) is 6.54 Å². The highest BCUT2D eigenvalue weighted by molar-refractivity contribution is 9.11. The van der Waals surface area contributed by atoms with Crippen molar-refractivity contribution in [1.82, 2.24) is 15.1 Å². The summed E-state index contributed by atoms with van der Waals surface area (Å²) in [6.45, 7) is 5.28. The second kappa shape index (κ2) is 7.36. The normalized spacial score (nSPS) is 21.9. The van der Waals surface area contributed by atoms with E-state index in [2.05, 4.69) is 48.3 Å². The predicted molar refractivity (Wildman–Crippen MR) is 100 cm³/mol. The largest absolute Gasteiger partial charge is 0.371 e. The molecule has 2 heterocycles. The molecule has 1 aromatic carbocycles. The molecule has 0 radical (unpaired) electrons. The van der Waals surface area contributed by atoms with Crippen molar-refractivity contribution < 1.29 is 4.79 Å². The van der Waals surface area contributed by atoms with Crippen LogP contribution in [-0.2, 0) is 4.79 Å². The van der Waals surface area contributed by atoms with E-state index >= 15 is 0 Å². The summed E-state index contributed by atoms with van der Waals surface area (Å²) < 4.78 is 0.799. The molecule has 0 aliphatic carbocycles. The highest BCUT2D eigenvalue weighted by atomic mass is 79.9. The number of halogens is 1. The number of hydrogen-bond acceptors (Lipinski definition) is 5. The minimum absolute atomic E-state index is 0.0798. The van der Waals surface area contributed by atoms with Crippen molar-refractivity contribution in [3.8, 4) is 0 Å². The number of hydrogen-bond donors (Lipinski definition) is 2. The molecule has 24 heavy (non-hydrogen) atoms. The van der Waals surface area contributed by atoms with Gasteiger partial charge in [0.1, 0.15) is 16.5 Å². The number of carbonyl (C=O) groups excluding carboxylic acids is 1. The molecule has 1 fully saturated rings. The second-order valence-electron chi connectivity index (χ2n) is 5.99. The smallest absolute Gasteiger partial charge is 0.242 e. The Morgan fingerprint density at radius 2 is 2.12 bits per heavy atom. The molecule has 1 unspecified atom stereocenters. The standard InChI is InChI=1S/C17H22BrN5O/c1-3-23-9-8-19-17(24)16(23)12-4-6-13(7-5-12)20-15-11-22(2)10-14(18)21-15/h4-7,10,16H,3,8-9,11H2,1-2H3,(H,19,24)(H,20,21). The Bertz CT molecular complexity index is 670. The number of aliphatic imine (C=N–C) groups is 1. The first kappa shape index (κ1) is 17.0. The van der Waals surface area contributed by atoms with Crippen LogP contribution in [0.25, 0.3) is 0 Å². The molecule has 7 heteroatoms. The van der Waals surface area contributed by atoms with Gasteiger partial charge in [-0.05, 0) is 40.2 Å². The Kier molecular flexibility index (Phi) is 5.20. The van der Waals surface area contributed by atoms with E-state index in [0.717, 1.165) is 47.9 Å². The van der Waals surface area contributed by atoms with Crippen molar-refractivity contribution >= 4 is 33.4 Å². The molecular formula is C17H22BrN5O. The van der Waals surface area contributed by atoms with Gasteiger partial charge in [-0.3, -0.25) is 9.69 Å². The summed E-state index contributed by atoms with van der Waals surface area (Å²) in [5.74, 6) is 0.960. The van der Waals surface area contributed by atoms with Crippen LogP contribution in [0.3, 0.4) is 0 Å². The molecule has 1 saturated heterocycles. The Labute approximate surface area is 150 Å². The Hall–Kier alpha value is -1.86. The molecule has 1 aromatic rings. The Balaban J connectivity index is 1.73. The average Bonchev–Trinajstić information content (AvgIpc) is 2.54. The lowest BCUT2D eigenvalue weighted by atomic mass is 10.0. The number of amidine groups is 1. The minimum atomic E-state index is -0.201. The van der Waals surface area contributed by atoms with E-state index in [1.165, 1.54) is 0 Å². The molecule has 1 amide bonds. The van der Waals surface area contributed by atoms with Crippen LogP contribution in [0.15, 0.2) is 40.1 Å². The summed E-state index contributed by atoms with van der Waals surface area (Å²) in [5.41, 5.74) is 1.98. The van der Waals surface area contributed by atoms with E-state index in [-0.39, 0.29) is 11.9 Å². The van der Waals surface area contributed by atoms with E-state index in [4.69, 9.17) is 0 Å². The fraction of sp³-hybridized carbons (Fsp3) is 0.412. The second-order valence-corrected chi connectivity index (χ2v) is 6.81. The van der Waals surface area contributed by atoms with Gasteiger partial charge < -0.3 is 15.5 Å². The van der Waals surface area contributed by atoms with Gasteiger partial charge in [0.25, 0.3) is 0 Å². The van der Waals surface area contributed by atoms with Crippen molar-refractivity contribution in [1.29, 1.82) is 0 Å². The zero-order chi connectivity index (χ0) is 17.1. The van der Waals surface area contributed by atoms with E-state index in [1.807, 2.05) is 37.5 Å². The summed E-state index contributed by atoms with van der Waals surface area (Å²) in [6, 6.07) is 7.82. The first-order chi connectivity index (χ1) is 11.6. The molecule has 0 aromatic heterocycles. The van der Waals surface area contributed by atoms with Crippen LogP contribution in [0.2, 0.25) is 0 Å². The fourth-order valence-corrected chi connectivity index (χ4v) is 3.62. The maximum Gasteiger partial charge on any atom is 0.242 e. The van der Waals surface area contributed by atoms with E-state index in [1.54, 1.807) is 0 Å².